The van der Waals surface area contributed by atoms with Crippen molar-refractivity contribution in [3.8, 4) is 0 Å². The maximum absolute atomic E-state index is 9.47. The number of aromatic nitrogens is 1. The topological polar surface area (TPSA) is 71.2 Å². The highest BCUT2D eigenvalue weighted by Gasteiger charge is 2.24. The lowest BCUT2D eigenvalue weighted by Crippen LogP contribution is -2.32. The van der Waals surface area contributed by atoms with Gasteiger partial charge in [0.15, 0.2) is 0 Å². The standard InChI is InChI=1S/C13H23N3O/c1-4-13(5-2,9-17)8-16-12-6-11(14)10(3)7-15-12/h6-7,17H,4-5,8-9H2,1-3H3,(H3,14,15,16). The van der Waals surface area contributed by atoms with Crippen molar-refractivity contribution in [3.05, 3.63) is 17.8 Å². The van der Waals surface area contributed by atoms with Gasteiger partial charge in [-0.05, 0) is 25.3 Å². The molecule has 96 valence electrons. The molecule has 0 saturated carbocycles. The second-order valence-corrected chi connectivity index (χ2v) is 4.64. The van der Waals surface area contributed by atoms with Gasteiger partial charge in [-0.1, -0.05) is 13.8 Å². The minimum absolute atomic E-state index is 0.0681. The number of aliphatic hydroxyl groups is 1. The SMILES string of the molecule is CCC(CC)(CO)CNc1cc(N)c(C)cn1. The van der Waals surface area contributed by atoms with Crippen molar-refractivity contribution in [2.45, 2.75) is 33.6 Å². The lowest BCUT2D eigenvalue weighted by molar-refractivity contribution is 0.127. The fraction of sp³-hybridized carbons (Fsp3) is 0.615. The van der Waals surface area contributed by atoms with Gasteiger partial charge in [-0.15, -0.1) is 0 Å². The third-order valence-electron chi connectivity index (χ3n) is 3.62. The van der Waals surface area contributed by atoms with Crippen LogP contribution in [0.4, 0.5) is 11.5 Å². The zero-order chi connectivity index (χ0) is 12.9. The van der Waals surface area contributed by atoms with E-state index in [-0.39, 0.29) is 12.0 Å². The molecular formula is C13H23N3O. The number of hydrogen-bond donors (Lipinski definition) is 3. The van der Waals surface area contributed by atoms with E-state index in [0.717, 1.165) is 29.9 Å². The van der Waals surface area contributed by atoms with Crippen LogP contribution in [0.2, 0.25) is 0 Å². The Kier molecular flexibility index (Phi) is 4.75. The van der Waals surface area contributed by atoms with Crippen molar-refractivity contribution in [1.82, 2.24) is 4.98 Å². The first-order valence-electron chi connectivity index (χ1n) is 6.13. The Morgan fingerprint density at radius 2 is 2.06 bits per heavy atom. The lowest BCUT2D eigenvalue weighted by Gasteiger charge is -2.29. The molecule has 1 heterocycles. The van der Waals surface area contributed by atoms with E-state index in [1.54, 1.807) is 6.20 Å². The van der Waals surface area contributed by atoms with Crippen molar-refractivity contribution >= 4 is 11.5 Å². The summed E-state index contributed by atoms with van der Waals surface area (Å²) in [5, 5.41) is 12.7. The molecule has 0 fully saturated rings. The Labute approximate surface area is 103 Å². The summed E-state index contributed by atoms with van der Waals surface area (Å²) in [7, 11) is 0. The number of nitrogens with two attached hydrogens (primary N) is 1. The summed E-state index contributed by atoms with van der Waals surface area (Å²) in [6, 6.07) is 1.84. The number of rotatable bonds is 6. The Hall–Kier alpha value is -1.29. The molecule has 1 aromatic rings. The highest BCUT2D eigenvalue weighted by molar-refractivity contribution is 5.53. The smallest absolute Gasteiger partial charge is 0.127 e. The van der Waals surface area contributed by atoms with E-state index in [0.29, 0.717) is 6.54 Å². The van der Waals surface area contributed by atoms with Crippen LogP contribution in [0.5, 0.6) is 0 Å². The van der Waals surface area contributed by atoms with Gasteiger partial charge in [0.25, 0.3) is 0 Å². The molecule has 0 aliphatic heterocycles. The summed E-state index contributed by atoms with van der Waals surface area (Å²) in [4.78, 5) is 4.27. The number of nitrogen functional groups attached to an aromatic ring is 1. The molecular weight excluding hydrogens is 214 g/mol. The van der Waals surface area contributed by atoms with Crippen LogP contribution in [0.3, 0.4) is 0 Å². The molecule has 1 aromatic heterocycles. The second-order valence-electron chi connectivity index (χ2n) is 4.64. The first kappa shape index (κ1) is 13.8. The maximum Gasteiger partial charge on any atom is 0.127 e. The van der Waals surface area contributed by atoms with E-state index in [4.69, 9.17) is 5.73 Å². The Morgan fingerprint density at radius 3 is 2.53 bits per heavy atom. The van der Waals surface area contributed by atoms with Gasteiger partial charge < -0.3 is 16.2 Å². The molecule has 1 rings (SSSR count). The summed E-state index contributed by atoms with van der Waals surface area (Å²) in [5.41, 5.74) is 7.48. The molecule has 0 unspecified atom stereocenters. The Morgan fingerprint density at radius 1 is 1.41 bits per heavy atom. The van der Waals surface area contributed by atoms with Crippen molar-refractivity contribution in [2.24, 2.45) is 5.41 Å². The number of hydrogen-bond acceptors (Lipinski definition) is 4. The highest BCUT2D eigenvalue weighted by atomic mass is 16.3. The quantitative estimate of drug-likeness (QED) is 0.709. The van der Waals surface area contributed by atoms with Gasteiger partial charge in [0.2, 0.25) is 0 Å². The Balaban J connectivity index is 2.68. The van der Waals surface area contributed by atoms with Gasteiger partial charge in [-0.2, -0.15) is 0 Å². The third kappa shape index (κ3) is 3.33. The Bertz CT molecular complexity index is 353. The van der Waals surface area contributed by atoms with Crippen molar-refractivity contribution in [3.63, 3.8) is 0 Å². The number of aryl methyl sites for hydroxylation is 1. The predicted molar refractivity (Wildman–Crippen MR) is 72.0 cm³/mol. The molecule has 0 saturated heterocycles. The van der Waals surface area contributed by atoms with E-state index in [9.17, 15) is 5.11 Å². The molecule has 4 heteroatoms. The molecule has 4 N–H and O–H groups in total. The summed E-state index contributed by atoms with van der Waals surface area (Å²) in [5.74, 6) is 0.771. The predicted octanol–water partition coefficient (Wildman–Crippen LogP) is 2.18. The number of nitrogens with zero attached hydrogens (tertiary/aromatic N) is 1. The highest BCUT2D eigenvalue weighted by Crippen LogP contribution is 2.26. The van der Waals surface area contributed by atoms with Crippen LogP contribution in [0.15, 0.2) is 12.3 Å². The van der Waals surface area contributed by atoms with Crippen LogP contribution in [0, 0.1) is 12.3 Å². The van der Waals surface area contributed by atoms with Crippen LogP contribution < -0.4 is 11.1 Å². The first-order chi connectivity index (χ1) is 8.06. The number of anilines is 2. The molecule has 4 nitrogen and oxygen atoms in total. The van der Waals surface area contributed by atoms with E-state index in [2.05, 4.69) is 24.1 Å². The summed E-state index contributed by atoms with van der Waals surface area (Å²) in [6.45, 7) is 7.03. The van der Waals surface area contributed by atoms with Gasteiger partial charge in [-0.25, -0.2) is 4.98 Å². The molecule has 0 atom stereocenters. The maximum atomic E-state index is 9.47. The van der Waals surface area contributed by atoms with Crippen LogP contribution in [0.25, 0.3) is 0 Å². The lowest BCUT2D eigenvalue weighted by atomic mass is 9.83. The molecule has 17 heavy (non-hydrogen) atoms. The summed E-state index contributed by atoms with van der Waals surface area (Å²) >= 11 is 0. The monoisotopic (exact) mass is 237 g/mol. The average Bonchev–Trinajstić information content (AvgIpc) is 2.36. The molecule has 0 bridgehead atoms. The minimum atomic E-state index is -0.0681. The fourth-order valence-corrected chi connectivity index (χ4v) is 1.69. The summed E-state index contributed by atoms with van der Waals surface area (Å²) < 4.78 is 0. The molecule has 0 amide bonds. The molecule has 0 spiro atoms. The van der Waals surface area contributed by atoms with Crippen molar-refractivity contribution in [1.29, 1.82) is 0 Å². The molecule has 0 aliphatic carbocycles. The largest absolute Gasteiger partial charge is 0.398 e. The number of pyridine rings is 1. The van der Waals surface area contributed by atoms with Crippen LogP contribution in [-0.2, 0) is 0 Å². The van der Waals surface area contributed by atoms with Gasteiger partial charge in [-0.3, -0.25) is 0 Å². The van der Waals surface area contributed by atoms with E-state index >= 15 is 0 Å². The molecule has 0 radical (unpaired) electrons. The van der Waals surface area contributed by atoms with Gasteiger partial charge in [0.1, 0.15) is 5.82 Å². The summed E-state index contributed by atoms with van der Waals surface area (Å²) in [6.07, 6.45) is 3.64. The van der Waals surface area contributed by atoms with E-state index in [1.165, 1.54) is 0 Å². The fourth-order valence-electron chi connectivity index (χ4n) is 1.69. The average molecular weight is 237 g/mol. The second kappa shape index (κ2) is 5.87. The third-order valence-corrected chi connectivity index (χ3v) is 3.62. The van der Waals surface area contributed by atoms with Crippen molar-refractivity contribution < 1.29 is 5.11 Å². The number of nitrogens with one attached hydrogen (secondary N) is 1. The minimum Gasteiger partial charge on any atom is -0.398 e. The van der Waals surface area contributed by atoms with Gasteiger partial charge in [0, 0.05) is 29.9 Å². The van der Waals surface area contributed by atoms with Crippen LogP contribution >= 0.6 is 0 Å². The van der Waals surface area contributed by atoms with E-state index < -0.39 is 0 Å². The molecule has 0 aromatic carbocycles. The number of aliphatic hydroxyl groups excluding tert-OH is 1. The van der Waals surface area contributed by atoms with E-state index in [1.807, 2.05) is 13.0 Å². The zero-order valence-electron chi connectivity index (χ0n) is 11.0. The molecule has 0 aliphatic rings. The normalized spacial score (nSPS) is 11.5. The van der Waals surface area contributed by atoms with Gasteiger partial charge >= 0.3 is 0 Å². The zero-order valence-corrected chi connectivity index (χ0v) is 11.0. The van der Waals surface area contributed by atoms with Crippen LogP contribution in [0.1, 0.15) is 32.3 Å². The van der Waals surface area contributed by atoms with Gasteiger partial charge in [0.05, 0.1) is 6.61 Å². The van der Waals surface area contributed by atoms with Crippen molar-refractivity contribution in [2.75, 3.05) is 24.2 Å². The first-order valence-corrected chi connectivity index (χ1v) is 6.13. The van der Waals surface area contributed by atoms with Crippen LogP contribution in [-0.4, -0.2) is 23.2 Å².